The average Bonchev–Trinajstić information content (AvgIpc) is 3.25. The third-order valence-corrected chi connectivity index (χ3v) is 10.5. The van der Waals surface area contributed by atoms with Gasteiger partial charge < -0.3 is 0 Å². The Kier molecular flexibility index (Phi) is 21.4. The zero-order chi connectivity index (χ0) is 48.3. The minimum atomic E-state index is -1.29. The van der Waals surface area contributed by atoms with Crippen LogP contribution in [0.25, 0.3) is 0 Å². The van der Waals surface area contributed by atoms with Crippen LogP contribution in [0, 0.1) is 58.4 Å². The molecule has 0 aromatic heterocycles. The standard InChI is InChI=1S/2C20H18F4N4O2S2.Na/c2*1-10(17(29)25-27(2)19(31)13-8-11(21)4-6-15(13)23)18(30)26-28(3)20(32)14-9-12(22)5-7-16(14)24;/h2*4-10H,1-3H3,(H,25,29)(H,26,30);/q;;+1. The third kappa shape index (κ3) is 15.4. The summed E-state index contributed by atoms with van der Waals surface area (Å²) in [5, 5.41) is 3.87. The molecule has 4 N–H and O–H groups in total. The van der Waals surface area contributed by atoms with Gasteiger partial charge in [-0.1, -0.05) is 48.9 Å². The Balaban J connectivity index is 0.000000440. The molecule has 4 rings (SSSR count). The Morgan fingerprint density at radius 3 is 0.738 bits per heavy atom. The Labute approximate surface area is 410 Å². The smallest absolute Gasteiger partial charge is 0.277 e. The zero-order valence-corrected chi connectivity index (χ0v) is 40.4. The van der Waals surface area contributed by atoms with Gasteiger partial charge in [0.1, 0.15) is 78.3 Å². The van der Waals surface area contributed by atoms with E-state index >= 15 is 0 Å². The number of hydrogen-bond acceptors (Lipinski definition) is 8. The van der Waals surface area contributed by atoms with Crippen LogP contribution < -0.4 is 51.3 Å². The summed E-state index contributed by atoms with van der Waals surface area (Å²) in [4.78, 5) is 48.7. The maximum atomic E-state index is 13.9. The van der Waals surface area contributed by atoms with Gasteiger partial charge in [-0.3, -0.25) is 60.9 Å². The molecule has 0 unspecified atom stereocenters. The van der Waals surface area contributed by atoms with Crippen molar-refractivity contribution in [2.45, 2.75) is 13.8 Å². The van der Waals surface area contributed by atoms with Crippen molar-refractivity contribution in [1.82, 2.24) is 41.7 Å². The van der Waals surface area contributed by atoms with Crippen molar-refractivity contribution in [3.63, 3.8) is 0 Å². The first-order valence-corrected chi connectivity index (χ1v) is 19.6. The van der Waals surface area contributed by atoms with Crippen LogP contribution in [-0.2, 0) is 19.2 Å². The second kappa shape index (κ2) is 24.9. The summed E-state index contributed by atoms with van der Waals surface area (Å²) in [5.41, 5.74) is 8.20. The number of thiocarbonyl (C=S) groups is 4. The molecule has 4 aromatic rings. The number of carbonyl (C=O) groups excluding carboxylic acids is 4. The van der Waals surface area contributed by atoms with Gasteiger partial charge in [-0.2, -0.15) is 0 Å². The van der Waals surface area contributed by atoms with Gasteiger partial charge in [0.15, 0.2) is 0 Å². The summed E-state index contributed by atoms with van der Waals surface area (Å²) in [6.07, 6.45) is 0. The molecule has 0 fully saturated rings. The molecule has 0 bridgehead atoms. The molecule has 25 heteroatoms. The van der Waals surface area contributed by atoms with Crippen molar-refractivity contribution in [1.29, 1.82) is 0 Å². The summed E-state index contributed by atoms with van der Waals surface area (Å²) in [7, 11) is 5.18. The molecule has 0 aliphatic rings. The largest absolute Gasteiger partial charge is 1.00 e. The van der Waals surface area contributed by atoms with Crippen LogP contribution >= 0.6 is 48.9 Å². The molecule has 0 atom stereocenters. The molecule has 12 nitrogen and oxygen atoms in total. The summed E-state index contributed by atoms with van der Waals surface area (Å²) >= 11 is 20.2. The molecule has 4 amide bonds. The van der Waals surface area contributed by atoms with Crippen molar-refractivity contribution in [2.24, 2.45) is 11.8 Å². The molecule has 4 aromatic carbocycles. The first-order chi connectivity index (χ1) is 29.8. The van der Waals surface area contributed by atoms with Crippen LogP contribution in [-0.4, -0.2) is 91.8 Å². The second-order valence-electron chi connectivity index (χ2n) is 13.3. The van der Waals surface area contributed by atoms with E-state index in [-0.39, 0.29) is 71.8 Å². The van der Waals surface area contributed by atoms with Crippen LogP contribution in [0.4, 0.5) is 35.1 Å². The van der Waals surface area contributed by atoms with E-state index in [0.29, 0.717) is 0 Å². The Morgan fingerprint density at radius 2 is 0.569 bits per heavy atom. The molecule has 0 saturated carbocycles. The van der Waals surface area contributed by atoms with Crippen molar-refractivity contribution < 1.29 is 83.9 Å². The SMILES string of the molecule is CC(C(=O)NN(C)C(=S)c1cc(F)ccc1F)C(=O)NN(C)C(=S)c1cc(F)ccc1F.CC(C(=O)NN(C)C(=S)c1cc(F)ccc1F)C(=O)NN(C)C(=S)c1cc(F)ccc1F.[Na+]. The molecule has 0 aliphatic heterocycles. The fourth-order valence-electron chi connectivity index (χ4n) is 4.86. The number of rotatable bonds is 8. The van der Waals surface area contributed by atoms with Gasteiger partial charge >= 0.3 is 29.6 Å². The average molecular weight is 996 g/mol. The van der Waals surface area contributed by atoms with Crippen LogP contribution in [0.1, 0.15) is 36.1 Å². The molecular weight excluding hydrogens is 960 g/mol. The summed E-state index contributed by atoms with van der Waals surface area (Å²) in [6, 6.07) is 10.7. The first kappa shape index (κ1) is 55.9. The summed E-state index contributed by atoms with van der Waals surface area (Å²) < 4.78 is 109. The normalized spacial score (nSPS) is 10.3. The number of nitrogens with zero attached hydrogens (tertiary/aromatic N) is 4. The molecule has 0 aliphatic carbocycles. The fourth-order valence-corrected chi connectivity index (χ4v) is 5.67. The van der Waals surface area contributed by atoms with Gasteiger partial charge in [0.05, 0.1) is 0 Å². The van der Waals surface area contributed by atoms with E-state index in [1.54, 1.807) is 0 Å². The molecule has 0 saturated heterocycles. The topological polar surface area (TPSA) is 129 Å². The van der Waals surface area contributed by atoms with E-state index in [2.05, 4.69) is 21.7 Å². The van der Waals surface area contributed by atoms with Crippen molar-refractivity contribution >= 4 is 92.5 Å². The molecule has 65 heavy (non-hydrogen) atoms. The van der Waals surface area contributed by atoms with Gasteiger partial charge in [0.2, 0.25) is 0 Å². The second-order valence-corrected chi connectivity index (χ2v) is 14.8. The van der Waals surface area contributed by atoms with E-state index in [1.807, 2.05) is 0 Å². The van der Waals surface area contributed by atoms with Gasteiger partial charge in [-0.05, 0) is 86.6 Å². The van der Waals surface area contributed by atoms with Crippen molar-refractivity contribution in [3.8, 4) is 0 Å². The quantitative estimate of drug-likeness (QED) is 0.0682. The van der Waals surface area contributed by atoms with Crippen molar-refractivity contribution in [2.75, 3.05) is 28.2 Å². The van der Waals surface area contributed by atoms with Gasteiger partial charge in [0, 0.05) is 50.4 Å². The zero-order valence-electron chi connectivity index (χ0n) is 35.2. The van der Waals surface area contributed by atoms with Crippen LogP contribution in [0.5, 0.6) is 0 Å². The van der Waals surface area contributed by atoms with Crippen LogP contribution in [0.15, 0.2) is 72.8 Å². The third-order valence-electron chi connectivity index (χ3n) is 8.54. The number of carbonyl (C=O) groups is 4. The predicted molar refractivity (Wildman–Crippen MR) is 234 cm³/mol. The van der Waals surface area contributed by atoms with E-state index in [9.17, 15) is 54.3 Å². The summed E-state index contributed by atoms with van der Waals surface area (Å²) in [5.74, 6) is -11.9. The Hall–Kier alpha value is -5.24. The Morgan fingerprint density at radius 1 is 0.400 bits per heavy atom. The molecule has 340 valence electrons. The van der Waals surface area contributed by atoms with E-state index in [0.717, 1.165) is 92.8 Å². The van der Waals surface area contributed by atoms with Gasteiger partial charge in [0.25, 0.3) is 23.6 Å². The maximum Gasteiger partial charge on any atom is 1.00 e. The van der Waals surface area contributed by atoms with Gasteiger partial charge in [-0.25, -0.2) is 35.1 Å². The minimum absolute atomic E-state index is 0. The number of nitrogens with one attached hydrogen (secondary N) is 4. The Bertz CT molecular complexity index is 2180. The summed E-state index contributed by atoms with van der Waals surface area (Å²) in [6.45, 7) is 2.54. The number of hydrazine groups is 4. The van der Waals surface area contributed by atoms with Crippen molar-refractivity contribution in [3.05, 3.63) is 142 Å². The minimum Gasteiger partial charge on any atom is -0.277 e. The maximum absolute atomic E-state index is 13.9. The van der Waals surface area contributed by atoms with E-state index < -0.39 is 82.0 Å². The number of amides is 4. The fraction of sp³-hybridized carbons (Fsp3) is 0.200. The van der Waals surface area contributed by atoms with Crippen LogP contribution in [0.3, 0.4) is 0 Å². The predicted octanol–water partition coefficient (Wildman–Crippen LogP) is 2.72. The number of halogens is 8. The van der Waals surface area contributed by atoms with E-state index in [1.165, 1.54) is 42.0 Å². The molecular formula is C40H36F8N8NaO4S4+. The molecule has 0 radical (unpaired) electrons. The molecule has 0 spiro atoms. The number of hydrogen-bond donors (Lipinski definition) is 4. The first-order valence-electron chi connectivity index (χ1n) is 18.0. The van der Waals surface area contributed by atoms with Gasteiger partial charge in [-0.15, -0.1) is 0 Å². The monoisotopic (exact) mass is 995 g/mol. The molecule has 0 heterocycles. The number of benzene rings is 4. The van der Waals surface area contributed by atoms with Crippen LogP contribution in [0.2, 0.25) is 0 Å². The van der Waals surface area contributed by atoms with E-state index in [4.69, 9.17) is 48.9 Å².